The number of ether oxygens (including phenoxy) is 2. The maximum atomic E-state index is 14.4. The molecule has 5 rings (SSSR count). The number of fused-ring (bicyclic) bond motifs is 2. The molecular formula is C32H38BrClN4O5. The second-order valence-electron chi connectivity index (χ2n) is 10.8. The molecule has 0 aliphatic carbocycles. The molecule has 1 saturated heterocycles. The van der Waals surface area contributed by atoms with Crippen LogP contribution in [0.3, 0.4) is 0 Å². The summed E-state index contributed by atoms with van der Waals surface area (Å²) < 4.78 is 12.2. The van der Waals surface area contributed by atoms with Crippen molar-refractivity contribution in [2.75, 3.05) is 43.7 Å². The van der Waals surface area contributed by atoms with Gasteiger partial charge in [0.05, 0.1) is 37.6 Å². The quantitative estimate of drug-likeness (QED) is 0.356. The van der Waals surface area contributed by atoms with Crippen molar-refractivity contribution in [2.24, 2.45) is 5.92 Å². The van der Waals surface area contributed by atoms with Gasteiger partial charge in [-0.3, -0.25) is 14.4 Å². The number of hydrogen-bond donors (Lipinski definition) is 2. The first kappa shape index (κ1) is 32.7. The summed E-state index contributed by atoms with van der Waals surface area (Å²) in [6.45, 7) is 3.24. The molecule has 3 aromatic carbocycles. The average molecular weight is 674 g/mol. The summed E-state index contributed by atoms with van der Waals surface area (Å²) in [4.78, 5) is 44.7. The minimum absolute atomic E-state index is 0. The molecule has 230 valence electrons. The lowest BCUT2D eigenvalue weighted by Crippen LogP contribution is -2.55. The molecule has 0 spiro atoms. The van der Waals surface area contributed by atoms with E-state index in [1.807, 2.05) is 54.6 Å². The second kappa shape index (κ2) is 14.5. The van der Waals surface area contributed by atoms with Gasteiger partial charge in [0.1, 0.15) is 11.8 Å². The third kappa shape index (κ3) is 6.98. The Kier molecular flexibility index (Phi) is 11.1. The van der Waals surface area contributed by atoms with Gasteiger partial charge >= 0.3 is 0 Å². The van der Waals surface area contributed by atoms with Gasteiger partial charge in [0.25, 0.3) is 5.91 Å². The maximum Gasteiger partial charge on any atom is 0.251 e. The molecule has 0 aromatic heterocycles. The van der Waals surface area contributed by atoms with E-state index in [1.165, 1.54) is 0 Å². The number of anilines is 2. The number of carbonyl (C=O) groups is 3. The molecule has 3 amide bonds. The summed E-state index contributed by atoms with van der Waals surface area (Å²) in [5, 5.41) is 7.79. The number of likely N-dealkylation sites (N-methyl/N-ethyl adjacent to an activating group) is 1. The van der Waals surface area contributed by atoms with E-state index in [4.69, 9.17) is 9.47 Å². The molecule has 0 bridgehead atoms. The SMILES string of the molecule is CNC(C)C(=O)NC1CN(C(=O)CC2CCOCC2)c2ccccc2N(Cc2c(OC)ccc3c(Br)cccc23)C1=O.Cl. The Hall–Kier alpha value is -3.18. The summed E-state index contributed by atoms with van der Waals surface area (Å²) in [6.07, 6.45) is 2.00. The Bertz CT molecular complexity index is 1480. The Morgan fingerprint density at radius 1 is 1.05 bits per heavy atom. The molecule has 1 fully saturated rings. The van der Waals surface area contributed by atoms with Crippen molar-refractivity contribution >= 4 is 68.2 Å². The Morgan fingerprint density at radius 2 is 1.77 bits per heavy atom. The van der Waals surface area contributed by atoms with Crippen LogP contribution in [0.4, 0.5) is 11.4 Å². The van der Waals surface area contributed by atoms with E-state index < -0.39 is 12.1 Å². The number of hydrogen-bond acceptors (Lipinski definition) is 6. The van der Waals surface area contributed by atoms with Crippen molar-refractivity contribution in [1.82, 2.24) is 10.6 Å². The first-order valence-corrected chi connectivity index (χ1v) is 15.1. The fraction of sp³-hybridized carbons (Fsp3) is 0.406. The minimum atomic E-state index is -0.952. The highest BCUT2D eigenvalue weighted by molar-refractivity contribution is 9.10. The zero-order valence-electron chi connectivity index (χ0n) is 24.6. The number of halogens is 2. The molecule has 2 aliphatic heterocycles. The fourth-order valence-electron chi connectivity index (χ4n) is 5.70. The topological polar surface area (TPSA) is 100 Å². The molecule has 2 atom stereocenters. The molecule has 2 unspecified atom stereocenters. The highest BCUT2D eigenvalue weighted by Gasteiger charge is 2.38. The summed E-state index contributed by atoms with van der Waals surface area (Å²) in [7, 11) is 3.30. The van der Waals surface area contributed by atoms with E-state index in [0.717, 1.165) is 33.7 Å². The molecule has 0 saturated carbocycles. The highest BCUT2D eigenvalue weighted by atomic mass is 79.9. The Balaban J connectivity index is 0.00000423. The van der Waals surface area contributed by atoms with Crippen LogP contribution in [0, 0.1) is 5.92 Å². The molecule has 0 radical (unpaired) electrons. The van der Waals surface area contributed by atoms with Crippen LogP contribution in [0.5, 0.6) is 5.75 Å². The Morgan fingerprint density at radius 3 is 2.47 bits per heavy atom. The van der Waals surface area contributed by atoms with Crippen molar-refractivity contribution < 1.29 is 23.9 Å². The number of benzene rings is 3. The summed E-state index contributed by atoms with van der Waals surface area (Å²) >= 11 is 3.65. The molecule has 3 aromatic rings. The summed E-state index contributed by atoms with van der Waals surface area (Å²) in [6, 6.07) is 15.8. The average Bonchev–Trinajstić information content (AvgIpc) is 3.12. The molecule has 43 heavy (non-hydrogen) atoms. The monoisotopic (exact) mass is 672 g/mol. The fourth-order valence-corrected chi connectivity index (χ4v) is 6.20. The highest BCUT2D eigenvalue weighted by Crippen LogP contribution is 2.38. The van der Waals surface area contributed by atoms with E-state index in [0.29, 0.717) is 36.8 Å². The normalized spacial score (nSPS) is 18.0. The van der Waals surface area contributed by atoms with Crippen LogP contribution < -0.4 is 25.2 Å². The van der Waals surface area contributed by atoms with E-state index in [2.05, 4.69) is 26.6 Å². The van der Waals surface area contributed by atoms with Crippen LogP contribution in [0.1, 0.15) is 31.7 Å². The van der Waals surface area contributed by atoms with Crippen molar-refractivity contribution in [3.63, 3.8) is 0 Å². The van der Waals surface area contributed by atoms with E-state index in [9.17, 15) is 14.4 Å². The van der Waals surface area contributed by atoms with Gasteiger partial charge < -0.3 is 29.9 Å². The molecule has 2 N–H and O–H groups in total. The predicted octanol–water partition coefficient (Wildman–Crippen LogP) is 4.82. The first-order chi connectivity index (χ1) is 20.3. The maximum absolute atomic E-state index is 14.4. The Labute approximate surface area is 266 Å². The number of nitrogens with zero attached hydrogens (tertiary/aromatic N) is 2. The lowest BCUT2D eigenvalue weighted by Gasteiger charge is -2.28. The third-order valence-electron chi connectivity index (χ3n) is 8.25. The lowest BCUT2D eigenvalue weighted by molar-refractivity contribution is -0.128. The second-order valence-corrected chi connectivity index (χ2v) is 11.7. The van der Waals surface area contributed by atoms with Gasteiger partial charge in [0.15, 0.2) is 0 Å². The van der Waals surface area contributed by atoms with Crippen LogP contribution in [0.15, 0.2) is 59.1 Å². The number of carbonyl (C=O) groups excluding carboxylic acids is 3. The van der Waals surface area contributed by atoms with Gasteiger partial charge in [-0.25, -0.2) is 0 Å². The number of nitrogens with one attached hydrogen (secondary N) is 2. The van der Waals surface area contributed by atoms with Gasteiger partial charge in [-0.15, -0.1) is 12.4 Å². The van der Waals surface area contributed by atoms with Crippen molar-refractivity contribution in [1.29, 1.82) is 0 Å². The van der Waals surface area contributed by atoms with Gasteiger partial charge in [0.2, 0.25) is 11.8 Å². The van der Waals surface area contributed by atoms with Crippen LogP contribution in [-0.4, -0.2) is 63.7 Å². The van der Waals surface area contributed by atoms with Crippen molar-refractivity contribution in [2.45, 2.75) is 44.8 Å². The van der Waals surface area contributed by atoms with Crippen LogP contribution in [0.2, 0.25) is 0 Å². The molecule has 9 nitrogen and oxygen atoms in total. The van der Waals surface area contributed by atoms with Crippen molar-refractivity contribution in [3.05, 3.63) is 64.6 Å². The predicted molar refractivity (Wildman–Crippen MR) is 174 cm³/mol. The van der Waals surface area contributed by atoms with Crippen LogP contribution >= 0.6 is 28.3 Å². The van der Waals surface area contributed by atoms with Gasteiger partial charge in [-0.2, -0.15) is 0 Å². The number of para-hydroxylation sites is 2. The van der Waals surface area contributed by atoms with Crippen LogP contribution in [0.25, 0.3) is 10.8 Å². The van der Waals surface area contributed by atoms with E-state index >= 15 is 0 Å². The molecule has 2 heterocycles. The third-order valence-corrected chi connectivity index (χ3v) is 8.95. The standard InChI is InChI=1S/C32H37BrN4O5.ClH/c1-20(34-2)31(39)35-26-19-36(30(38)17-21-13-15-42-16-14-21)27-9-4-5-10-28(27)37(32(26)40)18-24-22-7-6-8-25(33)23(22)11-12-29(24)41-3;/h4-12,20-21,26,34H,13-19H2,1-3H3,(H,35,39);1H. The smallest absolute Gasteiger partial charge is 0.251 e. The number of methoxy groups -OCH3 is 1. The zero-order chi connectivity index (χ0) is 29.8. The molecule has 2 aliphatic rings. The largest absolute Gasteiger partial charge is 0.496 e. The summed E-state index contributed by atoms with van der Waals surface area (Å²) in [5.41, 5.74) is 2.08. The van der Waals surface area contributed by atoms with Crippen LogP contribution in [-0.2, 0) is 25.7 Å². The van der Waals surface area contributed by atoms with E-state index in [1.54, 1.807) is 30.9 Å². The molecule has 11 heteroatoms. The van der Waals surface area contributed by atoms with Gasteiger partial charge in [0, 0.05) is 29.7 Å². The van der Waals surface area contributed by atoms with Crippen molar-refractivity contribution in [3.8, 4) is 5.75 Å². The summed E-state index contributed by atoms with van der Waals surface area (Å²) in [5.74, 6) is 0.174. The minimum Gasteiger partial charge on any atom is -0.496 e. The van der Waals surface area contributed by atoms with E-state index in [-0.39, 0.29) is 49.1 Å². The first-order valence-electron chi connectivity index (χ1n) is 14.3. The lowest BCUT2D eigenvalue weighted by atomic mass is 9.95. The molecular weight excluding hydrogens is 636 g/mol. The van der Waals surface area contributed by atoms with Gasteiger partial charge in [-0.1, -0.05) is 40.2 Å². The zero-order valence-corrected chi connectivity index (χ0v) is 27.0. The van der Waals surface area contributed by atoms with Gasteiger partial charge in [-0.05, 0) is 73.8 Å². The number of rotatable bonds is 8. The number of amides is 3.